The molecular formula is C13H16OS. The molecule has 80 valence electrons. The lowest BCUT2D eigenvalue weighted by molar-refractivity contribution is -0.104. The number of carbonyl (C=O) groups excluding carboxylic acids is 1. The molecule has 0 heterocycles. The number of rotatable bonds is 2. The Labute approximate surface area is 96.6 Å². The Morgan fingerprint density at radius 2 is 1.73 bits per heavy atom. The molecule has 0 saturated heterocycles. The summed E-state index contributed by atoms with van der Waals surface area (Å²) >= 11 is 4.24. The molecule has 1 aromatic rings. The van der Waals surface area contributed by atoms with Crippen LogP contribution in [0.1, 0.15) is 31.9 Å². The van der Waals surface area contributed by atoms with Gasteiger partial charge in [0, 0.05) is 4.91 Å². The lowest BCUT2D eigenvalue weighted by Crippen LogP contribution is -2.10. The molecule has 0 aliphatic rings. The van der Waals surface area contributed by atoms with Crippen LogP contribution < -0.4 is 0 Å². The van der Waals surface area contributed by atoms with Crippen molar-refractivity contribution in [1.82, 2.24) is 0 Å². The summed E-state index contributed by atoms with van der Waals surface area (Å²) in [6.45, 7) is 6.51. The molecule has 0 N–H and O–H groups in total. The van der Waals surface area contributed by atoms with Crippen molar-refractivity contribution in [3.05, 3.63) is 41.5 Å². The summed E-state index contributed by atoms with van der Waals surface area (Å²) in [6, 6.07) is 8.13. The van der Waals surface area contributed by atoms with E-state index in [1.807, 2.05) is 12.1 Å². The highest BCUT2D eigenvalue weighted by molar-refractivity contribution is 7.90. The highest BCUT2D eigenvalue weighted by atomic mass is 32.1. The number of aldehydes is 1. The maximum absolute atomic E-state index is 10.3. The van der Waals surface area contributed by atoms with E-state index < -0.39 is 0 Å². The normalized spacial score (nSPS) is 12.7. The van der Waals surface area contributed by atoms with Gasteiger partial charge < -0.3 is 0 Å². The fourth-order valence-electron chi connectivity index (χ4n) is 1.30. The molecule has 0 aromatic heterocycles. The first kappa shape index (κ1) is 12.1. The van der Waals surface area contributed by atoms with Crippen LogP contribution in [0.4, 0.5) is 0 Å². The Morgan fingerprint density at radius 1 is 1.20 bits per heavy atom. The predicted molar refractivity (Wildman–Crippen MR) is 68.2 cm³/mol. The van der Waals surface area contributed by atoms with Gasteiger partial charge in [0.05, 0.1) is 0 Å². The smallest absolute Gasteiger partial charge is 0.143 e. The van der Waals surface area contributed by atoms with Gasteiger partial charge in [-0.25, -0.2) is 0 Å². The van der Waals surface area contributed by atoms with Gasteiger partial charge in [-0.05, 0) is 22.6 Å². The summed E-state index contributed by atoms with van der Waals surface area (Å²) in [6.07, 6.45) is 2.20. The zero-order valence-corrected chi connectivity index (χ0v) is 10.2. The maximum atomic E-state index is 10.3. The number of carbonyl (C=O) groups is 1. The largest absolute Gasteiger partial charge is 0.299 e. The first-order chi connectivity index (χ1) is 6.95. The molecule has 15 heavy (non-hydrogen) atoms. The van der Waals surface area contributed by atoms with Crippen molar-refractivity contribution in [1.29, 1.82) is 0 Å². The third kappa shape index (κ3) is 3.24. The molecular weight excluding hydrogens is 204 g/mol. The Kier molecular flexibility index (Phi) is 3.75. The monoisotopic (exact) mass is 220 g/mol. The Hall–Kier alpha value is -1.02. The van der Waals surface area contributed by atoms with Gasteiger partial charge >= 0.3 is 0 Å². The maximum Gasteiger partial charge on any atom is 0.143 e. The molecule has 0 amide bonds. The van der Waals surface area contributed by atoms with Gasteiger partial charge in [-0.15, -0.1) is 12.6 Å². The first-order valence-corrected chi connectivity index (χ1v) is 5.35. The number of allylic oxidation sites excluding steroid dienone is 1. The molecule has 0 aliphatic heterocycles. The number of benzene rings is 1. The first-order valence-electron chi connectivity index (χ1n) is 4.90. The Morgan fingerprint density at radius 3 is 2.13 bits per heavy atom. The molecule has 0 unspecified atom stereocenters. The summed E-state index contributed by atoms with van der Waals surface area (Å²) in [5.74, 6) is 0. The summed E-state index contributed by atoms with van der Waals surface area (Å²) < 4.78 is 0. The topological polar surface area (TPSA) is 17.1 Å². The van der Waals surface area contributed by atoms with E-state index in [9.17, 15) is 4.79 Å². The minimum atomic E-state index is 0.156. The molecule has 1 rings (SSSR count). The van der Waals surface area contributed by atoms with Crippen LogP contribution in [-0.4, -0.2) is 6.29 Å². The number of hydrogen-bond donors (Lipinski definition) is 1. The molecule has 1 aromatic carbocycles. The van der Waals surface area contributed by atoms with Crippen LogP contribution >= 0.6 is 12.6 Å². The van der Waals surface area contributed by atoms with E-state index in [2.05, 4.69) is 45.5 Å². The highest BCUT2D eigenvalue weighted by Crippen LogP contribution is 2.25. The summed E-state index contributed by atoms with van der Waals surface area (Å²) in [4.78, 5) is 11.0. The Bertz CT molecular complexity index is 369. The third-order valence-electron chi connectivity index (χ3n) is 2.27. The van der Waals surface area contributed by atoms with Gasteiger partial charge in [0.2, 0.25) is 0 Å². The van der Waals surface area contributed by atoms with Crippen molar-refractivity contribution < 1.29 is 4.79 Å². The molecule has 0 radical (unpaired) electrons. The van der Waals surface area contributed by atoms with Crippen LogP contribution in [0.5, 0.6) is 0 Å². The number of thiol groups is 1. The lowest BCUT2D eigenvalue weighted by atomic mass is 9.87. The van der Waals surface area contributed by atoms with Crippen LogP contribution in [0, 0.1) is 0 Å². The van der Waals surface area contributed by atoms with Gasteiger partial charge in [0.1, 0.15) is 6.29 Å². The van der Waals surface area contributed by atoms with E-state index >= 15 is 0 Å². The van der Waals surface area contributed by atoms with E-state index in [0.717, 1.165) is 11.8 Å². The predicted octanol–water partition coefficient (Wildman–Crippen LogP) is 3.45. The van der Waals surface area contributed by atoms with Crippen molar-refractivity contribution in [2.45, 2.75) is 26.2 Å². The van der Waals surface area contributed by atoms with Gasteiger partial charge in [0.25, 0.3) is 0 Å². The van der Waals surface area contributed by atoms with E-state index in [4.69, 9.17) is 0 Å². The van der Waals surface area contributed by atoms with Gasteiger partial charge in [-0.2, -0.15) is 0 Å². The van der Waals surface area contributed by atoms with E-state index in [-0.39, 0.29) is 5.41 Å². The van der Waals surface area contributed by atoms with Crippen LogP contribution in [0.25, 0.3) is 4.91 Å². The van der Waals surface area contributed by atoms with Crippen molar-refractivity contribution in [2.75, 3.05) is 0 Å². The minimum absolute atomic E-state index is 0.156. The van der Waals surface area contributed by atoms with Gasteiger partial charge in [0.15, 0.2) is 0 Å². The third-order valence-corrected chi connectivity index (χ3v) is 2.68. The van der Waals surface area contributed by atoms with E-state index in [1.54, 1.807) is 0 Å². The van der Waals surface area contributed by atoms with Crippen LogP contribution in [-0.2, 0) is 10.2 Å². The van der Waals surface area contributed by atoms with E-state index in [0.29, 0.717) is 4.91 Å². The fourth-order valence-corrected chi connectivity index (χ4v) is 1.51. The second kappa shape index (κ2) is 4.67. The number of hydrogen-bond acceptors (Lipinski definition) is 2. The fraction of sp³-hybridized carbons (Fsp3) is 0.308. The quantitative estimate of drug-likeness (QED) is 0.459. The van der Waals surface area contributed by atoms with Gasteiger partial charge in [-0.3, -0.25) is 4.79 Å². The van der Waals surface area contributed by atoms with Crippen molar-refractivity contribution >= 4 is 23.8 Å². The molecule has 0 atom stereocenters. The molecule has 0 spiro atoms. The van der Waals surface area contributed by atoms with Crippen molar-refractivity contribution in [3.63, 3.8) is 0 Å². The average Bonchev–Trinajstić information content (AvgIpc) is 2.17. The second-order valence-electron chi connectivity index (χ2n) is 4.52. The van der Waals surface area contributed by atoms with Crippen LogP contribution in [0.15, 0.2) is 30.3 Å². The zero-order valence-electron chi connectivity index (χ0n) is 9.32. The summed E-state index contributed by atoms with van der Waals surface area (Å²) in [5.41, 5.74) is 2.40. The molecule has 0 bridgehead atoms. The van der Waals surface area contributed by atoms with Crippen molar-refractivity contribution in [3.8, 4) is 0 Å². The molecule has 0 fully saturated rings. The minimum Gasteiger partial charge on any atom is -0.299 e. The lowest BCUT2D eigenvalue weighted by Gasteiger charge is -2.19. The molecule has 0 saturated carbocycles. The van der Waals surface area contributed by atoms with Crippen LogP contribution in [0.2, 0.25) is 0 Å². The summed E-state index contributed by atoms with van der Waals surface area (Å²) in [5, 5.41) is 0. The molecule has 0 aliphatic carbocycles. The molecule has 1 nitrogen and oxygen atoms in total. The average molecular weight is 220 g/mol. The van der Waals surface area contributed by atoms with Crippen molar-refractivity contribution in [2.24, 2.45) is 0 Å². The second-order valence-corrected chi connectivity index (χ2v) is 5.00. The zero-order chi connectivity index (χ0) is 11.5. The van der Waals surface area contributed by atoms with Gasteiger partial charge in [-0.1, -0.05) is 45.0 Å². The standard InChI is InChI=1S/C13H16OS/c1-13(2,3)11-6-4-10(5-7-11)12(15)8-9-14/h4-9,15H,1-3H3/b12-8-. The van der Waals surface area contributed by atoms with E-state index in [1.165, 1.54) is 11.6 Å². The molecule has 2 heteroatoms. The highest BCUT2D eigenvalue weighted by Gasteiger charge is 2.12. The summed E-state index contributed by atoms with van der Waals surface area (Å²) in [7, 11) is 0. The Balaban J connectivity index is 3.00. The van der Waals surface area contributed by atoms with Crippen LogP contribution in [0.3, 0.4) is 0 Å². The SMILES string of the molecule is CC(C)(C)c1ccc(/C(S)=C/C=O)cc1.